The number of aromatic nitrogens is 1. The number of nitrogens with zero attached hydrogens (tertiary/aromatic N) is 2. The number of hydrogen-bond acceptors (Lipinski definition) is 7. The Morgan fingerprint density at radius 2 is 2.29 bits per heavy atom. The summed E-state index contributed by atoms with van der Waals surface area (Å²) < 4.78 is 15.3. The van der Waals surface area contributed by atoms with E-state index in [0.717, 1.165) is 6.26 Å². The van der Waals surface area contributed by atoms with Crippen molar-refractivity contribution in [1.29, 1.82) is 0 Å². The van der Waals surface area contributed by atoms with Crippen molar-refractivity contribution < 1.29 is 23.6 Å². The molecular formula is C12H9BrN2O6. The van der Waals surface area contributed by atoms with Crippen LogP contribution < -0.4 is 4.74 Å². The monoisotopic (exact) mass is 356 g/mol. The number of carbonyl (C=O) groups is 1. The number of para-hydroxylation sites is 1. The number of ether oxygens (including phenoxy) is 2. The SMILES string of the molecule is CCOC(=O)c1coc(Oc2c(Br)cccc2[N+](=O)[O-])n1. The second-order valence-electron chi connectivity index (χ2n) is 3.67. The molecule has 0 saturated heterocycles. The number of halogens is 1. The first kappa shape index (κ1) is 15.0. The standard InChI is InChI=1S/C12H9BrN2O6/c1-2-19-11(16)8-6-20-12(14-8)21-10-7(13)4-3-5-9(10)15(17)18/h3-6H,2H2,1H3. The zero-order valence-electron chi connectivity index (χ0n) is 10.7. The Morgan fingerprint density at radius 3 is 2.95 bits per heavy atom. The zero-order valence-corrected chi connectivity index (χ0v) is 12.3. The van der Waals surface area contributed by atoms with Gasteiger partial charge in [-0.25, -0.2) is 4.79 Å². The average Bonchev–Trinajstić information content (AvgIpc) is 2.90. The van der Waals surface area contributed by atoms with Crippen LogP contribution in [0.3, 0.4) is 0 Å². The molecule has 0 spiro atoms. The van der Waals surface area contributed by atoms with Crippen LogP contribution >= 0.6 is 15.9 Å². The molecule has 0 atom stereocenters. The van der Waals surface area contributed by atoms with Gasteiger partial charge >= 0.3 is 17.7 Å². The maximum absolute atomic E-state index is 11.4. The fourth-order valence-corrected chi connectivity index (χ4v) is 1.87. The maximum atomic E-state index is 11.4. The molecule has 0 aliphatic heterocycles. The molecule has 0 N–H and O–H groups in total. The summed E-state index contributed by atoms with van der Waals surface area (Å²) in [6, 6.07) is 4.33. The molecule has 2 rings (SSSR count). The molecule has 21 heavy (non-hydrogen) atoms. The van der Waals surface area contributed by atoms with Gasteiger partial charge in [-0.05, 0) is 28.9 Å². The molecule has 1 aromatic carbocycles. The first-order valence-corrected chi connectivity index (χ1v) is 6.55. The van der Waals surface area contributed by atoms with Crippen molar-refractivity contribution in [2.24, 2.45) is 0 Å². The summed E-state index contributed by atoms with van der Waals surface area (Å²) in [5.41, 5.74) is -0.346. The highest BCUT2D eigenvalue weighted by atomic mass is 79.9. The molecule has 0 amide bonds. The molecular weight excluding hydrogens is 348 g/mol. The predicted octanol–water partition coefficient (Wildman–Crippen LogP) is 3.31. The molecule has 0 bridgehead atoms. The van der Waals surface area contributed by atoms with E-state index in [2.05, 4.69) is 20.9 Å². The van der Waals surface area contributed by atoms with Gasteiger partial charge in [-0.15, -0.1) is 0 Å². The van der Waals surface area contributed by atoms with Crippen LogP contribution in [0.1, 0.15) is 17.4 Å². The van der Waals surface area contributed by atoms with Crippen LogP contribution in [0.5, 0.6) is 11.8 Å². The minimum absolute atomic E-state index is 0.0697. The maximum Gasteiger partial charge on any atom is 0.400 e. The summed E-state index contributed by atoms with van der Waals surface area (Å²) in [7, 11) is 0. The van der Waals surface area contributed by atoms with Crippen LogP contribution in [0.15, 0.2) is 33.4 Å². The van der Waals surface area contributed by atoms with Gasteiger partial charge in [0.1, 0.15) is 6.26 Å². The highest BCUT2D eigenvalue weighted by Gasteiger charge is 2.22. The lowest BCUT2D eigenvalue weighted by molar-refractivity contribution is -0.385. The highest BCUT2D eigenvalue weighted by molar-refractivity contribution is 9.10. The number of nitro benzene ring substituents is 1. The van der Waals surface area contributed by atoms with Gasteiger partial charge in [-0.3, -0.25) is 10.1 Å². The quantitative estimate of drug-likeness (QED) is 0.459. The number of oxazole rings is 1. The van der Waals surface area contributed by atoms with E-state index < -0.39 is 10.9 Å². The molecule has 1 aromatic heterocycles. The first-order valence-electron chi connectivity index (χ1n) is 5.76. The van der Waals surface area contributed by atoms with E-state index in [9.17, 15) is 14.9 Å². The van der Waals surface area contributed by atoms with Gasteiger partial charge in [-0.1, -0.05) is 6.07 Å². The lowest BCUT2D eigenvalue weighted by atomic mass is 10.3. The summed E-state index contributed by atoms with van der Waals surface area (Å²) >= 11 is 3.14. The van der Waals surface area contributed by atoms with Gasteiger partial charge in [0, 0.05) is 6.07 Å². The van der Waals surface area contributed by atoms with E-state index >= 15 is 0 Å². The van der Waals surface area contributed by atoms with Crippen molar-refractivity contribution in [3.05, 3.63) is 44.7 Å². The first-order chi connectivity index (χ1) is 10.0. The largest absolute Gasteiger partial charge is 0.461 e. The van der Waals surface area contributed by atoms with Crippen molar-refractivity contribution in [3.63, 3.8) is 0 Å². The van der Waals surface area contributed by atoms with Crippen LogP contribution in [0.25, 0.3) is 0 Å². The zero-order chi connectivity index (χ0) is 15.4. The third kappa shape index (κ3) is 3.37. The summed E-state index contributed by atoms with van der Waals surface area (Å²) in [6.07, 6.45) is 0.753. The Morgan fingerprint density at radius 1 is 1.52 bits per heavy atom. The predicted molar refractivity (Wildman–Crippen MR) is 73.3 cm³/mol. The Bertz CT molecular complexity index is 684. The molecule has 9 heteroatoms. The van der Waals surface area contributed by atoms with Gasteiger partial charge in [0.15, 0.2) is 5.69 Å². The van der Waals surface area contributed by atoms with Gasteiger partial charge in [0.05, 0.1) is 16.0 Å². The molecule has 0 fully saturated rings. The fourth-order valence-electron chi connectivity index (χ4n) is 1.43. The Hall–Kier alpha value is -2.42. The molecule has 1 heterocycles. The van der Waals surface area contributed by atoms with Crippen LogP contribution in [0.2, 0.25) is 0 Å². The molecule has 0 unspecified atom stereocenters. The smallest absolute Gasteiger partial charge is 0.400 e. The number of carbonyl (C=O) groups excluding carboxylic acids is 1. The van der Waals surface area contributed by atoms with Gasteiger partial charge in [0.25, 0.3) is 0 Å². The van der Waals surface area contributed by atoms with Crippen LogP contribution in [0, 0.1) is 10.1 Å². The molecule has 2 aromatic rings. The van der Waals surface area contributed by atoms with Crippen molar-refractivity contribution in [2.75, 3.05) is 6.61 Å². The van der Waals surface area contributed by atoms with Crippen LogP contribution in [-0.2, 0) is 4.74 Å². The lowest BCUT2D eigenvalue weighted by Gasteiger charge is -2.03. The number of rotatable bonds is 5. The molecule has 110 valence electrons. The molecule has 0 aliphatic rings. The van der Waals surface area contributed by atoms with Crippen LogP contribution in [-0.4, -0.2) is 22.5 Å². The Balaban J connectivity index is 2.27. The third-order valence-electron chi connectivity index (χ3n) is 2.30. The van der Waals surface area contributed by atoms with E-state index in [0.29, 0.717) is 4.47 Å². The summed E-state index contributed by atoms with van der Waals surface area (Å²) in [6.45, 7) is 1.84. The van der Waals surface area contributed by atoms with Crippen molar-refractivity contribution in [3.8, 4) is 11.8 Å². The van der Waals surface area contributed by atoms with E-state index in [1.807, 2.05) is 0 Å². The highest BCUT2D eigenvalue weighted by Crippen LogP contribution is 2.37. The topological polar surface area (TPSA) is 105 Å². The number of benzene rings is 1. The van der Waals surface area contributed by atoms with Crippen LogP contribution in [0.4, 0.5) is 5.69 Å². The molecule has 0 radical (unpaired) electrons. The summed E-state index contributed by atoms with van der Waals surface area (Å²) in [5.74, 6) is -0.738. The van der Waals surface area contributed by atoms with Gasteiger partial charge in [0.2, 0.25) is 5.75 Å². The minimum Gasteiger partial charge on any atom is -0.461 e. The molecule has 0 saturated carbocycles. The number of nitro groups is 1. The third-order valence-corrected chi connectivity index (χ3v) is 2.92. The minimum atomic E-state index is -0.669. The second-order valence-corrected chi connectivity index (χ2v) is 4.52. The lowest BCUT2D eigenvalue weighted by Crippen LogP contribution is -2.04. The van der Waals surface area contributed by atoms with Crippen molar-refractivity contribution >= 4 is 27.6 Å². The van der Waals surface area contributed by atoms with E-state index in [4.69, 9.17) is 13.9 Å². The molecule has 0 aliphatic carbocycles. The van der Waals surface area contributed by atoms with E-state index in [1.54, 1.807) is 13.0 Å². The van der Waals surface area contributed by atoms with E-state index in [1.165, 1.54) is 12.1 Å². The van der Waals surface area contributed by atoms with Gasteiger partial charge in [-0.2, -0.15) is 4.98 Å². The average molecular weight is 357 g/mol. The van der Waals surface area contributed by atoms with Gasteiger partial charge < -0.3 is 13.9 Å². The van der Waals surface area contributed by atoms with Crippen molar-refractivity contribution in [1.82, 2.24) is 4.98 Å². The van der Waals surface area contributed by atoms with Crippen molar-refractivity contribution in [2.45, 2.75) is 6.92 Å². The number of hydrogen-bond donors (Lipinski definition) is 0. The summed E-state index contributed by atoms with van der Waals surface area (Å²) in [5, 5.41) is 10.9. The summed E-state index contributed by atoms with van der Waals surface area (Å²) in [4.78, 5) is 25.5. The Labute approximate surface area is 127 Å². The fraction of sp³-hybridized carbons (Fsp3) is 0.167. The normalized spacial score (nSPS) is 10.2. The number of esters is 1. The second kappa shape index (κ2) is 6.35. The molecule has 8 nitrogen and oxygen atoms in total. The Kier molecular flexibility index (Phi) is 4.53. The van der Waals surface area contributed by atoms with E-state index in [-0.39, 0.29) is 29.8 Å².